The minimum Gasteiger partial charge on any atom is -0.409 e. The van der Waals surface area contributed by atoms with Gasteiger partial charge in [-0.25, -0.2) is 9.02 Å². The van der Waals surface area contributed by atoms with Gasteiger partial charge in [0.25, 0.3) is 0 Å². The first-order chi connectivity index (χ1) is 14.4. The summed E-state index contributed by atoms with van der Waals surface area (Å²) < 4.78 is 35.0. The third-order valence-corrected chi connectivity index (χ3v) is 6.33. The smallest absolute Gasteiger partial charge is 0.203 e. The third kappa shape index (κ3) is 5.76. The highest BCUT2D eigenvalue weighted by Gasteiger charge is 2.18. The molecule has 9 nitrogen and oxygen atoms in total. The second-order valence-electron chi connectivity index (χ2n) is 6.31. The van der Waals surface area contributed by atoms with Crippen molar-refractivity contribution in [1.29, 1.82) is 9.56 Å². The molecule has 0 saturated heterocycles. The van der Waals surface area contributed by atoms with E-state index in [1.54, 1.807) is 0 Å². The van der Waals surface area contributed by atoms with E-state index in [0.717, 1.165) is 5.56 Å². The lowest BCUT2D eigenvalue weighted by molar-refractivity contribution is 0.305. The lowest BCUT2D eigenvalue weighted by Crippen LogP contribution is -2.19. The molecule has 158 valence electrons. The number of rotatable bonds is 8. The topological polar surface area (TPSA) is 143 Å². The molecular weight excluding hydrogens is 477 g/mol. The minimum atomic E-state index is -2.36. The number of hydrogen-bond donors (Lipinski definition) is 5. The van der Waals surface area contributed by atoms with Crippen LogP contribution in [0.25, 0.3) is 0 Å². The van der Waals surface area contributed by atoms with Crippen LogP contribution in [0.2, 0.25) is 0 Å². The molecule has 0 radical (unpaired) electrons. The Balaban J connectivity index is 1.63. The normalized spacial score (nSPS) is 12.0. The molecule has 0 aliphatic carbocycles. The Kier molecular flexibility index (Phi) is 7.00. The fourth-order valence-electron chi connectivity index (χ4n) is 2.58. The van der Waals surface area contributed by atoms with E-state index < -0.39 is 15.4 Å². The Morgan fingerprint density at radius 3 is 2.67 bits per heavy atom. The van der Waals surface area contributed by atoms with Gasteiger partial charge in [-0.3, -0.25) is 9.56 Å². The number of oxime groups is 1. The molecule has 2 aromatic carbocycles. The Hall–Kier alpha value is -2.99. The molecule has 0 spiro atoms. The van der Waals surface area contributed by atoms with E-state index in [-0.39, 0.29) is 34.1 Å². The molecule has 3 aromatic rings. The largest absolute Gasteiger partial charge is 0.409 e. The number of nitrogens with zero attached hydrogens (tertiary/aromatic N) is 3. The van der Waals surface area contributed by atoms with Crippen molar-refractivity contribution in [1.82, 2.24) is 10.3 Å². The van der Waals surface area contributed by atoms with E-state index in [4.69, 9.17) is 14.2 Å². The quantitative estimate of drug-likeness (QED) is 0.134. The molecular formula is C18H19BrFN7O2S. The Bertz CT molecular complexity index is 1140. The van der Waals surface area contributed by atoms with Gasteiger partial charge in [0.05, 0.1) is 4.47 Å². The van der Waals surface area contributed by atoms with Gasteiger partial charge in [0.15, 0.2) is 5.69 Å². The fraction of sp³-hybridized carbons (Fsp3) is 0.167. The maximum atomic E-state index is 13.4. The van der Waals surface area contributed by atoms with Crippen LogP contribution in [0.5, 0.6) is 0 Å². The van der Waals surface area contributed by atoms with Crippen molar-refractivity contribution in [3.63, 3.8) is 0 Å². The zero-order valence-corrected chi connectivity index (χ0v) is 18.0. The first kappa shape index (κ1) is 21.7. The van der Waals surface area contributed by atoms with Gasteiger partial charge in [-0.2, -0.15) is 0 Å². The van der Waals surface area contributed by atoms with Crippen LogP contribution in [0.3, 0.4) is 0 Å². The second-order valence-corrected chi connectivity index (χ2v) is 9.63. The summed E-state index contributed by atoms with van der Waals surface area (Å²) in [6.07, 6.45) is 0. The highest BCUT2D eigenvalue weighted by molar-refractivity contribution is 9.10. The summed E-state index contributed by atoms with van der Waals surface area (Å²) in [7, 11) is -2.36. The number of hydrogen-bond acceptors (Lipinski definition) is 8. The van der Waals surface area contributed by atoms with Gasteiger partial charge in [0.1, 0.15) is 5.82 Å². The van der Waals surface area contributed by atoms with Crippen LogP contribution in [0.4, 0.5) is 15.9 Å². The summed E-state index contributed by atoms with van der Waals surface area (Å²) in [5.74, 6) is 0.367. The standard InChI is InChI=1S/C18H19BrFN7O2S/c19-14-10-13(6-7-15(14)20)24-18(25-28)16-17(27-29-26-16)23-8-9-30(21,22)11-12-4-2-1-3-5-12/h1-7,10,21-22,28H,8-9,11H2,(H,23,27)(H,24,25). The average Bonchev–Trinajstić information content (AvgIpc) is 3.17. The van der Waals surface area contributed by atoms with Crippen LogP contribution in [-0.2, 0) is 15.4 Å². The van der Waals surface area contributed by atoms with Crippen LogP contribution < -0.4 is 10.6 Å². The lowest BCUT2D eigenvalue weighted by atomic mass is 10.2. The predicted octanol–water partition coefficient (Wildman–Crippen LogP) is 4.51. The van der Waals surface area contributed by atoms with Crippen LogP contribution in [0, 0.1) is 15.4 Å². The summed E-state index contributed by atoms with van der Waals surface area (Å²) in [5, 5.41) is 25.8. The van der Waals surface area contributed by atoms with Gasteiger partial charge in [-0.1, -0.05) is 45.1 Å². The molecule has 0 aliphatic rings. The van der Waals surface area contributed by atoms with Crippen LogP contribution in [-0.4, -0.2) is 33.7 Å². The van der Waals surface area contributed by atoms with Gasteiger partial charge in [0.2, 0.25) is 11.7 Å². The van der Waals surface area contributed by atoms with Gasteiger partial charge in [-0.05, 0) is 50.0 Å². The summed E-state index contributed by atoms with van der Waals surface area (Å²) in [6, 6.07) is 13.7. The number of anilines is 2. The monoisotopic (exact) mass is 495 g/mol. The Morgan fingerprint density at radius 2 is 1.97 bits per heavy atom. The number of nitrogens with one attached hydrogen (secondary N) is 4. The number of benzene rings is 2. The van der Waals surface area contributed by atoms with Crippen LogP contribution in [0.15, 0.2) is 62.8 Å². The number of amidine groups is 1. The molecule has 1 aromatic heterocycles. The van der Waals surface area contributed by atoms with Crippen molar-refractivity contribution in [2.75, 3.05) is 22.9 Å². The second kappa shape index (κ2) is 9.67. The Morgan fingerprint density at radius 1 is 1.20 bits per heavy atom. The van der Waals surface area contributed by atoms with Crippen molar-refractivity contribution in [3.05, 3.63) is 70.1 Å². The van der Waals surface area contributed by atoms with Gasteiger partial charge < -0.3 is 15.8 Å². The highest BCUT2D eigenvalue weighted by Crippen LogP contribution is 2.21. The summed E-state index contributed by atoms with van der Waals surface area (Å²) in [4.78, 5) is 0. The van der Waals surface area contributed by atoms with E-state index >= 15 is 0 Å². The van der Waals surface area contributed by atoms with E-state index in [1.165, 1.54) is 18.2 Å². The zero-order chi connectivity index (χ0) is 21.6. The van der Waals surface area contributed by atoms with Crippen LogP contribution in [0.1, 0.15) is 11.3 Å². The summed E-state index contributed by atoms with van der Waals surface area (Å²) in [5.41, 5.74) is 1.51. The maximum Gasteiger partial charge on any atom is 0.203 e. The van der Waals surface area contributed by atoms with Gasteiger partial charge in [-0.15, -0.1) is 0 Å². The third-order valence-electron chi connectivity index (χ3n) is 3.99. The lowest BCUT2D eigenvalue weighted by Gasteiger charge is -2.12. The van der Waals surface area contributed by atoms with Crippen molar-refractivity contribution >= 4 is 42.9 Å². The van der Waals surface area contributed by atoms with Gasteiger partial charge in [0, 0.05) is 23.7 Å². The van der Waals surface area contributed by atoms with Crippen molar-refractivity contribution in [2.45, 2.75) is 5.75 Å². The van der Waals surface area contributed by atoms with E-state index in [1.807, 2.05) is 30.3 Å². The zero-order valence-electron chi connectivity index (χ0n) is 15.6. The first-order valence-electron chi connectivity index (χ1n) is 8.71. The van der Waals surface area contributed by atoms with Crippen molar-refractivity contribution in [3.8, 4) is 0 Å². The molecule has 12 heteroatoms. The molecule has 0 fully saturated rings. The molecule has 0 aliphatic heterocycles. The van der Waals surface area contributed by atoms with Crippen molar-refractivity contribution in [2.24, 2.45) is 5.16 Å². The van der Waals surface area contributed by atoms with E-state index in [2.05, 4.69) is 42.0 Å². The molecule has 3 rings (SSSR count). The molecule has 0 amide bonds. The maximum absolute atomic E-state index is 13.4. The molecule has 5 N–H and O–H groups in total. The molecule has 0 unspecified atom stereocenters. The molecule has 1 heterocycles. The Labute approximate surface area is 180 Å². The van der Waals surface area contributed by atoms with E-state index in [9.17, 15) is 9.60 Å². The molecule has 30 heavy (non-hydrogen) atoms. The first-order valence-corrected chi connectivity index (χ1v) is 11.5. The fourth-order valence-corrected chi connectivity index (χ4v) is 4.31. The summed E-state index contributed by atoms with van der Waals surface area (Å²) >= 11 is 3.09. The molecule has 0 saturated carbocycles. The minimum absolute atomic E-state index is 0.0584. The predicted molar refractivity (Wildman–Crippen MR) is 117 cm³/mol. The van der Waals surface area contributed by atoms with E-state index in [0.29, 0.717) is 11.4 Å². The highest BCUT2D eigenvalue weighted by atomic mass is 79.9. The number of aromatic nitrogens is 2. The van der Waals surface area contributed by atoms with Crippen LogP contribution >= 0.6 is 15.9 Å². The SMILES string of the molecule is N=S(=N)(CCNc1nonc1/C(=N/O)Nc1ccc(F)c(Br)c1)Cc1ccccc1. The van der Waals surface area contributed by atoms with Gasteiger partial charge >= 0.3 is 0 Å². The number of halogens is 2. The average molecular weight is 496 g/mol. The molecule has 0 bridgehead atoms. The van der Waals surface area contributed by atoms with Crippen molar-refractivity contribution < 1.29 is 14.2 Å². The molecule has 0 atom stereocenters. The summed E-state index contributed by atoms with van der Waals surface area (Å²) in [6.45, 7) is 0.289.